The molecule has 3 rings (SSSR count). The van der Waals surface area contributed by atoms with E-state index in [1.807, 2.05) is 4.68 Å². The molecule has 4 heteroatoms. The fourth-order valence-electron chi connectivity index (χ4n) is 3.42. The average molecular weight is 313 g/mol. The number of para-hydroxylation sites is 1. The third kappa shape index (κ3) is 3.13. The van der Waals surface area contributed by atoms with Gasteiger partial charge in [-0.25, -0.2) is 0 Å². The van der Waals surface area contributed by atoms with E-state index in [0.29, 0.717) is 6.04 Å². The second kappa shape index (κ2) is 6.00. The highest BCUT2D eigenvalue weighted by Gasteiger charge is 2.33. The Morgan fingerprint density at radius 2 is 2.04 bits per heavy atom. The minimum atomic E-state index is -0.0870. The van der Waals surface area contributed by atoms with Crippen LogP contribution in [0, 0.1) is 12.3 Å². The number of fused-ring (bicyclic) bond motifs is 1. The molecule has 1 atom stereocenters. The maximum Gasteiger partial charge on any atom is 0.0643 e. The molecular formula is C19H27N3O. The van der Waals surface area contributed by atoms with Crippen LogP contribution in [0.25, 0.3) is 0 Å². The van der Waals surface area contributed by atoms with Crippen molar-refractivity contribution in [2.45, 2.75) is 46.7 Å². The zero-order valence-electron chi connectivity index (χ0n) is 14.6. The fraction of sp³-hybridized carbons (Fsp3) is 0.526. The summed E-state index contributed by atoms with van der Waals surface area (Å²) in [6.07, 6.45) is 3.09. The van der Waals surface area contributed by atoms with Gasteiger partial charge in [0.1, 0.15) is 0 Å². The zero-order valence-corrected chi connectivity index (χ0v) is 14.6. The molecular weight excluding hydrogens is 286 g/mol. The van der Waals surface area contributed by atoms with E-state index in [2.05, 4.69) is 68.2 Å². The predicted molar refractivity (Wildman–Crippen MR) is 93.7 cm³/mol. The van der Waals surface area contributed by atoms with Crippen LogP contribution in [0.3, 0.4) is 0 Å². The lowest BCUT2D eigenvalue weighted by atomic mass is 9.80. The minimum Gasteiger partial charge on any atom is -0.396 e. The van der Waals surface area contributed by atoms with Gasteiger partial charge in [0, 0.05) is 42.0 Å². The number of hydrogen-bond acceptors (Lipinski definition) is 3. The van der Waals surface area contributed by atoms with Crippen molar-refractivity contribution in [3.05, 3.63) is 47.3 Å². The van der Waals surface area contributed by atoms with Gasteiger partial charge in [0.25, 0.3) is 0 Å². The Morgan fingerprint density at radius 3 is 2.70 bits per heavy atom. The Kier molecular flexibility index (Phi) is 4.19. The van der Waals surface area contributed by atoms with Gasteiger partial charge in [-0.05, 0) is 38.8 Å². The number of benzene rings is 1. The van der Waals surface area contributed by atoms with E-state index < -0.39 is 0 Å². The molecule has 124 valence electrons. The number of aliphatic hydroxyl groups is 1. The Labute approximate surface area is 138 Å². The van der Waals surface area contributed by atoms with E-state index in [-0.39, 0.29) is 12.0 Å². The van der Waals surface area contributed by atoms with Gasteiger partial charge in [-0.15, -0.1) is 0 Å². The van der Waals surface area contributed by atoms with Crippen molar-refractivity contribution in [1.82, 2.24) is 9.78 Å². The Morgan fingerprint density at radius 1 is 1.30 bits per heavy atom. The molecule has 0 bridgehead atoms. The van der Waals surface area contributed by atoms with Gasteiger partial charge in [-0.1, -0.05) is 25.1 Å². The van der Waals surface area contributed by atoms with Crippen molar-refractivity contribution in [2.75, 3.05) is 18.1 Å². The largest absolute Gasteiger partial charge is 0.396 e. The van der Waals surface area contributed by atoms with Gasteiger partial charge in [0.05, 0.1) is 12.3 Å². The molecule has 1 aromatic carbocycles. The van der Waals surface area contributed by atoms with Crippen LogP contribution in [0.2, 0.25) is 0 Å². The van der Waals surface area contributed by atoms with E-state index in [1.54, 1.807) is 0 Å². The second-order valence-electron chi connectivity index (χ2n) is 7.44. The summed E-state index contributed by atoms with van der Waals surface area (Å²) in [6, 6.07) is 8.92. The van der Waals surface area contributed by atoms with Gasteiger partial charge in [0.15, 0.2) is 0 Å². The first-order chi connectivity index (χ1) is 10.9. The summed E-state index contributed by atoms with van der Waals surface area (Å²) < 4.78 is 2.03. The van der Waals surface area contributed by atoms with Crippen molar-refractivity contribution < 1.29 is 5.11 Å². The number of anilines is 1. The van der Waals surface area contributed by atoms with Crippen LogP contribution < -0.4 is 4.90 Å². The Bertz CT molecular complexity index is 692. The van der Waals surface area contributed by atoms with Crippen LogP contribution in [0.1, 0.15) is 43.6 Å². The monoisotopic (exact) mass is 313 g/mol. The third-order valence-corrected chi connectivity index (χ3v) is 4.81. The quantitative estimate of drug-likeness (QED) is 0.941. The summed E-state index contributed by atoms with van der Waals surface area (Å²) in [4.78, 5) is 2.39. The first-order valence-electron chi connectivity index (χ1n) is 8.40. The second-order valence-corrected chi connectivity index (χ2v) is 7.44. The predicted octanol–water partition coefficient (Wildman–Crippen LogP) is 3.33. The molecule has 0 aliphatic carbocycles. The SMILES string of the molecule is Cc1nn(C(C)C)cc1CN1CC(C)(CO)Cc2ccccc21. The standard InChI is InChI=1S/C19H27N3O/c1-14(2)22-11-17(15(3)20-22)10-21-12-19(4,13-23)9-16-7-5-6-8-18(16)21/h5-8,11,14,23H,9-10,12-13H2,1-4H3. The smallest absolute Gasteiger partial charge is 0.0643 e. The molecule has 2 heterocycles. The van der Waals surface area contributed by atoms with Crippen LogP contribution in [0.15, 0.2) is 30.5 Å². The maximum absolute atomic E-state index is 9.85. The van der Waals surface area contributed by atoms with Crippen molar-refractivity contribution in [2.24, 2.45) is 5.41 Å². The van der Waals surface area contributed by atoms with Crippen molar-refractivity contribution in [3.63, 3.8) is 0 Å². The van der Waals surface area contributed by atoms with Gasteiger partial charge in [0.2, 0.25) is 0 Å². The number of aromatic nitrogens is 2. The van der Waals surface area contributed by atoms with Crippen LogP contribution in [-0.4, -0.2) is 28.0 Å². The van der Waals surface area contributed by atoms with E-state index in [9.17, 15) is 5.11 Å². The van der Waals surface area contributed by atoms with Crippen molar-refractivity contribution in [3.8, 4) is 0 Å². The summed E-state index contributed by atoms with van der Waals surface area (Å²) in [5, 5.41) is 14.5. The van der Waals surface area contributed by atoms with E-state index in [0.717, 1.165) is 25.2 Å². The van der Waals surface area contributed by atoms with Gasteiger partial charge in [-0.2, -0.15) is 5.10 Å². The Balaban J connectivity index is 1.92. The number of hydrogen-bond donors (Lipinski definition) is 1. The van der Waals surface area contributed by atoms with Crippen LogP contribution in [0.5, 0.6) is 0 Å². The summed E-state index contributed by atoms with van der Waals surface area (Å²) in [5.74, 6) is 0. The lowest BCUT2D eigenvalue weighted by Crippen LogP contribution is -2.43. The molecule has 1 aliphatic rings. The lowest BCUT2D eigenvalue weighted by molar-refractivity contribution is 0.142. The van der Waals surface area contributed by atoms with Crippen LogP contribution in [-0.2, 0) is 13.0 Å². The van der Waals surface area contributed by atoms with Gasteiger partial charge >= 0.3 is 0 Å². The maximum atomic E-state index is 9.85. The molecule has 23 heavy (non-hydrogen) atoms. The zero-order chi connectivity index (χ0) is 16.6. The molecule has 0 saturated heterocycles. The van der Waals surface area contributed by atoms with Crippen LogP contribution in [0.4, 0.5) is 5.69 Å². The number of rotatable bonds is 4. The summed E-state index contributed by atoms with van der Waals surface area (Å²) in [7, 11) is 0. The highest BCUT2D eigenvalue weighted by Crippen LogP contribution is 2.37. The summed E-state index contributed by atoms with van der Waals surface area (Å²) >= 11 is 0. The fourth-order valence-corrected chi connectivity index (χ4v) is 3.42. The first-order valence-corrected chi connectivity index (χ1v) is 8.40. The van der Waals surface area contributed by atoms with E-state index in [4.69, 9.17) is 0 Å². The molecule has 0 saturated carbocycles. The van der Waals surface area contributed by atoms with Crippen molar-refractivity contribution >= 4 is 5.69 Å². The highest BCUT2D eigenvalue weighted by atomic mass is 16.3. The molecule has 2 aromatic rings. The normalized spacial score (nSPS) is 20.9. The van der Waals surface area contributed by atoms with Crippen LogP contribution >= 0.6 is 0 Å². The molecule has 0 radical (unpaired) electrons. The molecule has 1 aliphatic heterocycles. The molecule has 1 N–H and O–H groups in total. The van der Waals surface area contributed by atoms with E-state index >= 15 is 0 Å². The number of aliphatic hydroxyl groups excluding tert-OH is 1. The average Bonchev–Trinajstić information content (AvgIpc) is 2.88. The molecule has 0 amide bonds. The van der Waals surface area contributed by atoms with E-state index in [1.165, 1.54) is 16.8 Å². The van der Waals surface area contributed by atoms with Gasteiger partial charge < -0.3 is 10.0 Å². The highest BCUT2D eigenvalue weighted by molar-refractivity contribution is 5.56. The molecule has 0 fully saturated rings. The van der Waals surface area contributed by atoms with Gasteiger partial charge in [-0.3, -0.25) is 4.68 Å². The molecule has 4 nitrogen and oxygen atoms in total. The Hall–Kier alpha value is -1.81. The lowest BCUT2D eigenvalue weighted by Gasteiger charge is -2.41. The first kappa shape index (κ1) is 16.1. The third-order valence-electron chi connectivity index (χ3n) is 4.81. The summed E-state index contributed by atoms with van der Waals surface area (Å²) in [5.41, 5.74) is 4.87. The van der Waals surface area contributed by atoms with Crippen molar-refractivity contribution in [1.29, 1.82) is 0 Å². The molecule has 0 spiro atoms. The minimum absolute atomic E-state index is 0.0870. The molecule has 1 unspecified atom stereocenters. The number of nitrogens with zero attached hydrogens (tertiary/aromatic N) is 3. The topological polar surface area (TPSA) is 41.3 Å². The summed E-state index contributed by atoms with van der Waals surface area (Å²) in [6.45, 7) is 10.5. The number of aryl methyl sites for hydroxylation is 1. The molecule has 1 aromatic heterocycles.